The Kier molecular flexibility index (Phi) is 5.06. The lowest BCUT2D eigenvalue weighted by atomic mass is 9.77. The monoisotopic (exact) mass is 247 g/mol. The van der Waals surface area contributed by atoms with Crippen molar-refractivity contribution in [1.82, 2.24) is 5.32 Å². The van der Waals surface area contributed by atoms with Gasteiger partial charge in [-0.2, -0.15) is 0 Å². The number of likely N-dealkylation sites (N-methyl/N-ethyl adjacent to an activating group) is 1. The van der Waals surface area contributed by atoms with E-state index in [0.29, 0.717) is 5.92 Å². The lowest BCUT2D eigenvalue weighted by Crippen LogP contribution is -2.25. The molecule has 1 atom stereocenters. The molecular formula is C16H25NO. The summed E-state index contributed by atoms with van der Waals surface area (Å²) in [4.78, 5) is 0. The van der Waals surface area contributed by atoms with E-state index in [1.165, 1.54) is 37.7 Å². The summed E-state index contributed by atoms with van der Waals surface area (Å²) in [6.07, 6.45) is 6.97. The highest BCUT2D eigenvalue weighted by atomic mass is 16.5. The Morgan fingerprint density at radius 3 is 2.72 bits per heavy atom. The molecule has 1 N–H and O–H groups in total. The SMILES string of the molecule is CNCC(c1cccc(OC)c1)C1CCCCC1. The van der Waals surface area contributed by atoms with Gasteiger partial charge >= 0.3 is 0 Å². The average molecular weight is 247 g/mol. The van der Waals surface area contributed by atoms with Crippen LogP contribution in [0.1, 0.15) is 43.6 Å². The standard InChI is InChI=1S/C16H25NO/c1-17-12-16(13-7-4-3-5-8-13)14-9-6-10-15(11-14)18-2/h6,9-11,13,16-17H,3-5,7-8,12H2,1-2H3. The molecule has 0 amide bonds. The summed E-state index contributed by atoms with van der Waals surface area (Å²) in [5.74, 6) is 2.44. The van der Waals surface area contributed by atoms with Crippen LogP contribution in [-0.2, 0) is 0 Å². The molecule has 1 aromatic carbocycles. The third-order valence-electron chi connectivity index (χ3n) is 4.16. The van der Waals surface area contributed by atoms with Crippen molar-refractivity contribution in [2.75, 3.05) is 20.7 Å². The molecule has 100 valence electrons. The summed E-state index contributed by atoms with van der Waals surface area (Å²) >= 11 is 0. The maximum Gasteiger partial charge on any atom is 0.119 e. The molecule has 2 heteroatoms. The van der Waals surface area contributed by atoms with Crippen molar-refractivity contribution in [3.05, 3.63) is 29.8 Å². The first-order valence-corrected chi connectivity index (χ1v) is 7.13. The molecule has 0 aromatic heterocycles. The zero-order valence-electron chi connectivity index (χ0n) is 11.6. The van der Waals surface area contributed by atoms with Crippen molar-refractivity contribution in [1.29, 1.82) is 0 Å². The second-order valence-electron chi connectivity index (χ2n) is 5.34. The van der Waals surface area contributed by atoms with Gasteiger partial charge in [-0.1, -0.05) is 31.4 Å². The van der Waals surface area contributed by atoms with Crippen LogP contribution in [0, 0.1) is 5.92 Å². The molecule has 1 fully saturated rings. The van der Waals surface area contributed by atoms with Crippen LogP contribution in [0.5, 0.6) is 5.75 Å². The van der Waals surface area contributed by atoms with E-state index >= 15 is 0 Å². The number of benzene rings is 1. The fourth-order valence-corrected chi connectivity index (χ4v) is 3.19. The van der Waals surface area contributed by atoms with Gasteiger partial charge in [0.2, 0.25) is 0 Å². The fraction of sp³-hybridized carbons (Fsp3) is 0.625. The van der Waals surface area contributed by atoms with E-state index in [4.69, 9.17) is 4.74 Å². The number of rotatable bonds is 5. The van der Waals surface area contributed by atoms with Crippen LogP contribution in [0.25, 0.3) is 0 Å². The van der Waals surface area contributed by atoms with Gasteiger partial charge in [0.25, 0.3) is 0 Å². The van der Waals surface area contributed by atoms with Crippen molar-refractivity contribution in [2.24, 2.45) is 5.92 Å². The molecule has 1 unspecified atom stereocenters. The lowest BCUT2D eigenvalue weighted by molar-refractivity contribution is 0.299. The van der Waals surface area contributed by atoms with E-state index in [9.17, 15) is 0 Å². The van der Waals surface area contributed by atoms with Crippen LogP contribution in [0.3, 0.4) is 0 Å². The average Bonchev–Trinajstić information content (AvgIpc) is 2.46. The fourth-order valence-electron chi connectivity index (χ4n) is 3.19. The van der Waals surface area contributed by atoms with Crippen LogP contribution in [0.4, 0.5) is 0 Å². The molecule has 0 saturated heterocycles. The first-order chi connectivity index (χ1) is 8.85. The highest BCUT2D eigenvalue weighted by Crippen LogP contribution is 2.36. The van der Waals surface area contributed by atoms with Crippen molar-refractivity contribution in [3.8, 4) is 5.75 Å². The highest BCUT2D eigenvalue weighted by Gasteiger charge is 2.24. The molecule has 0 heterocycles. The van der Waals surface area contributed by atoms with Gasteiger partial charge in [-0.25, -0.2) is 0 Å². The predicted octanol–water partition coefficient (Wildman–Crippen LogP) is 3.58. The Morgan fingerprint density at radius 2 is 2.06 bits per heavy atom. The van der Waals surface area contributed by atoms with Gasteiger partial charge in [-0.05, 0) is 49.4 Å². The maximum atomic E-state index is 5.35. The number of methoxy groups -OCH3 is 1. The Morgan fingerprint density at radius 1 is 1.28 bits per heavy atom. The van der Waals surface area contributed by atoms with E-state index in [0.717, 1.165) is 18.2 Å². The summed E-state index contributed by atoms with van der Waals surface area (Å²) in [5.41, 5.74) is 1.43. The summed E-state index contributed by atoms with van der Waals surface area (Å²) in [5, 5.41) is 3.36. The molecule has 1 saturated carbocycles. The highest BCUT2D eigenvalue weighted by molar-refractivity contribution is 5.31. The van der Waals surface area contributed by atoms with Crippen LogP contribution >= 0.6 is 0 Å². The minimum absolute atomic E-state index is 0.630. The van der Waals surface area contributed by atoms with Crippen molar-refractivity contribution in [2.45, 2.75) is 38.0 Å². The molecule has 0 radical (unpaired) electrons. The summed E-state index contributed by atoms with van der Waals surface area (Å²) in [7, 11) is 3.79. The van der Waals surface area contributed by atoms with Gasteiger partial charge in [0, 0.05) is 6.54 Å². The molecule has 2 nitrogen and oxygen atoms in total. The zero-order valence-corrected chi connectivity index (χ0v) is 11.6. The van der Waals surface area contributed by atoms with E-state index in [2.05, 4.69) is 30.6 Å². The topological polar surface area (TPSA) is 21.3 Å². The molecule has 18 heavy (non-hydrogen) atoms. The summed E-state index contributed by atoms with van der Waals surface area (Å²) in [6.45, 7) is 1.07. The van der Waals surface area contributed by atoms with Gasteiger partial charge in [0.05, 0.1) is 7.11 Å². The number of nitrogens with one attached hydrogen (secondary N) is 1. The summed E-state index contributed by atoms with van der Waals surface area (Å²) < 4.78 is 5.35. The van der Waals surface area contributed by atoms with Crippen molar-refractivity contribution in [3.63, 3.8) is 0 Å². The Bertz CT molecular complexity index is 358. The molecule has 0 bridgehead atoms. The van der Waals surface area contributed by atoms with Gasteiger partial charge in [-0.15, -0.1) is 0 Å². The normalized spacial score (nSPS) is 18.6. The van der Waals surface area contributed by atoms with Crippen molar-refractivity contribution >= 4 is 0 Å². The Balaban J connectivity index is 2.16. The van der Waals surface area contributed by atoms with E-state index < -0.39 is 0 Å². The first kappa shape index (κ1) is 13.4. The molecule has 0 spiro atoms. The van der Waals surface area contributed by atoms with Crippen molar-refractivity contribution < 1.29 is 4.74 Å². The largest absolute Gasteiger partial charge is 0.497 e. The quantitative estimate of drug-likeness (QED) is 0.858. The zero-order chi connectivity index (χ0) is 12.8. The van der Waals surface area contributed by atoms with Crippen LogP contribution in [0.15, 0.2) is 24.3 Å². The van der Waals surface area contributed by atoms with E-state index in [-0.39, 0.29) is 0 Å². The predicted molar refractivity (Wildman–Crippen MR) is 76.2 cm³/mol. The molecule has 1 aliphatic carbocycles. The Hall–Kier alpha value is -1.02. The molecular weight excluding hydrogens is 222 g/mol. The van der Waals surface area contributed by atoms with Gasteiger partial charge in [0.15, 0.2) is 0 Å². The van der Waals surface area contributed by atoms with E-state index in [1.54, 1.807) is 7.11 Å². The van der Waals surface area contributed by atoms with Crippen LogP contribution in [-0.4, -0.2) is 20.7 Å². The minimum atomic E-state index is 0.630. The number of hydrogen-bond acceptors (Lipinski definition) is 2. The number of hydrogen-bond donors (Lipinski definition) is 1. The van der Waals surface area contributed by atoms with E-state index in [1.807, 2.05) is 6.07 Å². The second kappa shape index (κ2) is 6.79. The number of ether oxygens (including phenoxy) is 1. The lowest BCUT2D eigenvalue weighted by Gasteiger charge is -2.30. The minimum Gasteiger partial charge on any atom is -0.497 e. The molecule has 1 aromatic rings. The molecule has 1 aliphatic rings. The third-order valence-corrected chi connectivity index (χ3v) is 4.16. The molecule has 0 aliphatic heterocycles. The second-order valence-corrected chi connectivity index (χ2v) is 5.34. The maximum absolute atomic E-state index is 5.35. The van der Waals surface area contributed by atoms with Gasteiger partial charge in [0.1, 0.15) is 5.75 Å². The van der Waals surface area contributed by atoms with Gasteiger partial charge < -0.3 is 10.1 Å². The smallest absolute Gasteiger partial charge is 0.119 e. The Labute approximate surface area is 111 Å². The van der Waals surface area contributed by atoms with Crippen LogP contribution < -0.4 is 10.1 Å². The van der Waals surface area contributed by atoms with Gasteiger partial charge in [-0.3, -0.25) is 0 Å². The molecule has 2 rings (SSSR count). The van der Waals surface area contributed by atoms with Crippen LogP contribution in [0.2, 0.25) is 0 Å². The first-order valence-electron chi connectivity index (χ1n) is 7.13. The summed E-state index contributed by atoms with van der Waals surface area (Å²) in [6, 6.07) is 8.59. The third kappa shape index (κ3) is 3.26.